The van der Waals surface area contributed by atoms with Gasteiger partial charge in [0, 0.05) is 45.0 Å². The number of anilines is 1. The van der Waals surface area contributed by atoms with Crippen LogP contribution in [0.4, 0.5) is 5.69 Å². The van der Waals surface area contributed by atoms with Crippen LogP contribution in [0, 0.1) is 0 Å². The second-order valence-corrected chi connectivity index (χ2v) is 8.71. The van der Waals surface area contributed by atoms with Crippen LogP contribution in [0.25, 0.3) is 0 Å². The fraction of sp³-hybridized carbons (Fsp3) is 0.462. The van der Waals surface area contributed by atoms with Gasteiger partial charge in [0.1, 0.15) is 5.76 Å². The van der Waals surface area contributed by atoms with E-state index >= 15 is 0 Å². The van der Waals surface area contributed by atoms with E-state index in [1.165, 1.54) is 24.1 Å². The van der Waals surface area contributed by atoms with Gasteiger partial charge in [-0.2, -0.15) is 0 Å². The highest BCUT2D eigenvalue weighted by Crippen LogP contribution is 2.24. The van der Waals surface area contributed by atoms with Gasteiger partial charge < -0.3 is 20.0 Å². The first kappa shape index (κ1) is 23.1. The maximum absolute atomic E-state index is 12.4. The summed E-state index contributed by atoms with van der Waals surface area (Å²) in [5.41, 5.74) is 2.61. The first-order valence-corrected chi connectivity index (χ1v) is 12.0. The molecule has 2 amide bonds. The topological polar surface area (TPSA) is 77.8 Å². The van der Waals surface area contributed by atoms with Gasteiger partial charge in [0.05, 0.1) is 12.3 Å². The van der Waals surface area contributed by atoms with Crippen molar-refractivity contribution >= 4 is 17.5 Å². The van der Waals surface area contributed by atoms with E-state index in [-0.39, 0.29) is 6.04 Å². The number of nitrogens with zero attached hydrogens (tertiary/aromatic N) is 2. The largest absolute Gasteiger partial charge is 0.468 e. The van der Waals surface area contributed by atoms with E-state index in [0.717, 1.165) is 51.2 Å². The summed E-state index contributed by atoms with van der Waals surface area (Å²) >= 11 is 0. The summed E-state index contributed by atoms with van der Waals surface area (Å²) in [5, 5.41) is 5.57. The van der Waals surface area contributed by atoms with Crippen LogP contribution < -0.4 is 15.5 Å². The van der Waals surface area contributed by atoms with Crippen LogP contribution in [0.5, 0.6) is 0 Å². The van der Waals surface area contributed by atoms with Gasteiger partial charge in [0.25, 0.3) is 0 Å². The van der Waals surface area contributed by atoms with Gasteiger partial charge in [-0.15, -0.1) is 0 Å². The van der Waals surface area contributed by atoms with Crippen molar-refractivity contribution in [3.63, 3.8) is 0 Å². The summed E-state index contributed by atoms with van der Waals surface area (Å²) in [7, 11) is 0. The molecule has 4 rings (SSSR count). The number of benzene rings is 1. The number of carbonyl (C=O) groups is 2. The number of hydrogen-bond donors (Lipinski definition) is 2. The zero-order valence-corrected chi connectivity index (χ0v) is 19.2. The quantitative estimate of drug-likeness (QED) is 0.477. The molecule has 0 radical (unpaired) electrons. The molecule has 1 saturated heterocycles. The molecule has 33 heavy (non-hydrogen) atoms. The normalized spacial score (nSPS) is 17.8. The third-order valence-electron chi connectivity index (χ3n) is 6.53. The molecule has 0 unspecified atom stereocenters. The average molecular weight is 451 g/mol. The molecule has 1 aromatic carbocycles. The summed E-state index contributed by atoms with van der Waals surface area (Å²) < 4.78 is 5.67. The number of nitrogens with one attached hydrogen (secondary N) is 2. The molecule has 2 aliphatic rings. The molecule has 0 bridgehead atoms. The van der Waals surface area contributed by atoms with Crippen LogP contribution in [0.2, 0.25) is 0 Å². The molecule has 176 valence electrons. The molecular weight excluding hydrogens is 416 g/mol. The van der Waals surface area contributed by atoms with E-state index in [1.54, 1.807) is 6.26 Å². The van der Waals surface area contributed by atoms with Crippen LogP contribution in [-0.4, -0.2) is 56.0 Å². The molecule has 7 nitrogen and oxygen atoms in total. The van der Waals surface area contributed by atoms with Crippen LogP contribution in [0.1, 0.15) is 43.9 Å². The zero-order chi connectivity index (χ0) is 22.9. The van der Waals surface area contributed by atoms with Crippen molar-refractivity contribution in [1.82, 2.24) is 15.5 Å². The fourth-order valence-electron chi connectivity index (χ4n) is 4.64. The highest BCUT2D eigenvalue weighted by Gasteiger charge is 2.28. The van der Waals surface area contributed by atoms with E-state index in [4.69, 9.17) is 4.42 Å². The Hall–Kier alpha value is -3.06. The molecule has 2 aromatic rings. The lowest BCUT2D eigenvalue weighted by Crippen LogP contribution is -2.50. The van der Waals surface area contributed by atoms with Gasteiger partial charge in [-0.05, 0) is 56.4 Å². The molecule has 0 saturated carbocycles. The highest BCUT2D eigenvalue weighted by atomic mass is 16.3. The fourth-order valence-corrected chi connectivity index (χ4v) is 4.64. The number of rotatable bonds is 8. The Morgan fingerprint density at radius 2 is 1.73 bits per heavy atom. The van der Waals surface area contributed by atoms with Crippen molar-refractivity contribution in [3.05, 3.63) is 66.1 Å². The van der Waals surface area contributed by atoms with E-state index in [1.807, 2.05) is 18.2 Å². The van der Waals surface area contributed by atoms with Gasteiger partial charge >= 0.3 is 11.8 Å². The summed E-state index contributed by atoms with van der Waals surface area (Å²) in [4.78, 5) is 29.4. The molecule has 0 spiro atoms. The summed E-state index contributed by atoms with van der Waals surface area (Å²) in [6.45, 7) is 4.31. The van der Waals surface area contributed by atoms with Crippen molar-refractivity contribution in [1.29, 1.82) is 0 Å². The predicted molar refractivity (Wildman–Crippen MR) is 129 cm³/mol. The Balaban J connectivity index is 1.27. The third-order valence-corrected chi connectivity index (χ3v) is 6.53. The number of para-hydroxylation sites is 1. The standard InChI is InChI=1S/C26H34N4O3/c31-25(27-14-13-21-8-3-1-4-9-21)26(32)28-20-23(24-12-7-19-33-24)30-17-15-29(16-18-30)22-10-5-2-6-11-22/h2,5-8,10-12,19,23H,1,3-4,9,13-18,20H2,(H,27,31)(H,28,32)/t23-/m1/s1. The first-order chi connectivity index (χ1) is 16.2. The molecule has 7 heteroatoms. The van der Waals surface area contributed by atoms with Gasteiger partial charge in [-0.3, -0.25) is 14.5 Å². The number of furan rings is 1. The Labute approximate surface area is 195 Å². The van der Waals surface area contributed by atoms with Crippen molar-refractivity contribution in [3.8, 4) is 0 Å². The van der Waals surface area contributed by atoms with Crippen molar-refractivity contribution < 1.29 is 14.0 Å². The van der Waals surface area contributed by atoms with Crippen molar-refractivity contribution in [2.24, 2.45) is 0 Å². The van der Waals surface area contributed by atoms with Gasteiger partial charge in [-0.1, -0.05) is 29.8 Å². The average Bonchev–Trinajstić information content (AvgIpc) is 3.40. The van der Waals surface area contributed by atoms with Gasteiger partial charge in [0.15, 0.2) is 0 Å². The van der Waals surface area contributed by atoms with Crippen molar-refractivity contribution in [2.45, 2.75) is 38.1 Å². The number of piperazine rings is 1. The Kier molecular flexibility index (Phi) is 8.19. The van der Waals surface area contributed by atoms with E-state index in [0.29, 0.717) is 13.1 Å². The van der Waals surface area contributed by atoms with Crippen molar-refractivity contribution in [2.75, 3.05) is 44.2 Å². The van der Waals surface area contributed by atoms with Crippen LogP contribution >= 0.6 is 0 Å². The Bertz CT molecular complexity index is 918. The van der Waals surface area contributed by atoms with Gasteiger partial charge in [0.2, 0.25) is 0 Å². The first-order valence-electron chi connectivity index (χ1n) is 12.0. The lowest BCUT2D eigenvalue weighted by Gasteiger charge is -2.39. The number of hydrogen-bond acceptors (Lipinski definition) is 5. The van der Waals surface area contributed by atoms with Crippen LogP contribution in [-0.2, 0) is 9.59 Å². The lowest BCUT2D eigenvalue weighted by atomic mass is 9.97. The molecule has 1 aliphatic heterocycles. The van der Waals surface area contributed by atoms with E-state index in [2.05, 4.69) is 50.8 Å². The maximum Gasteiger partial charge on any atom is 0.309 e. The lowest BCUT2D eigenvalue weighted by molar-refractivity contribution is -0.139. The molecule has 1 atom stereocenters. The van der Waals surface area contributed by atoms with Gasteiger partial charge in [-0.25, -0.2) is 0 Å². The zero-order valence-electron chi connectivity index (χ0n) is 19.2. The molecule has 2 heterocycles. The second-order valence-electron chi connectivity index (χ2n) is 8.71. The highest BCUT2D eigenvalue weighted by molar-refractivity contribution is 6.35. The predicted octanol–water partition coefficient (Wildman–Crippen LogP) is 3.27. The minimum atomic E-state index is -0.591. The molecule has 1 aliphatic carbocycles. The number of allylic oxidation sites excluding steroid dienone is 1. The Morgan fingerprint density at radius 3 is 2.42 bits per heavy atom. The summed E-state index contributed by atoms with van der Waals surface area (Å²) in [5.74, 6) is -0.362. The number of amides is 2. The summed E-state index contributed by atoms with van der Waals surface area (Å²) in [6, 6.07) is 14.1. The number of carbonyl (C=O) groups excluding carboxylic acids is 2. The smallest absolute Gasteiger partial charge is 0.309 e. The second kappa shape index (κ2) is 11.7. The van der Waals surface area contributed by atoms with E-state index in [9.17, 15) is 9.59 Å². The SMILES string of the molecule is O=C(NCCC1=CCCCC1)C(=O)NC[C@H](c1ccco1)N1CCN(c2ccccc2)CC1. The van der Waals surface area contributed by atoms with E-state index < -0.39 is 11.8 Å². The maximum atomic E-state index is 12.4. The molecule has 1 fully saturated rings. The minimum absolute atomic E-state index is 0.109. The third kappa shape index (κ3) is 6.48. The molecule has 1 aromatic heterocycles. The van der Waals surface area contributed by atoms with Crippen LogP contribution in [0.15, 0.2) is 64.8 Å². The summed E-state index contributed by atoms with van der Waals surface area (Å²) in [6.07, 6.45) is 9.42. The van der Waals surface area contributed by atoms with Crippen LogP contribution in [0.3, 0.4) is 0 Å². The molecular formula is C26H34N4O3. The minimum Gasteiger partial charge on any atom is -0.468 e. The Morgan fingerprint density at radius 1 is 0.939 bits per heavy atom. The monoisotopic (exact) mass is 450 g/mol. The molecule has 2 N–H and O–H groups in total.